The lowest BCUT2D eigenvalue weighted by atomic mass is 10.1. The van der Waals surface area contributed by atoms with Crippen LogP contribution >= 0.6 is 23.4 Å². The normalized spacial score (nSPS) is 14.6. The van der Waals surface area contributed by atoms with Crippen molar-refractivity contribution in [3.63, 3.8) is 0 Å². The molecule has 1 N–H and O–H groups in total. The van der Waals surface area contributed by atoms with Gasteiger partial charge in [-0.15, -0.1) is 0 Å². The summed E-state index contributed by atoms with van der Waals surface area (Å²) in [5.41, 5.74) is 3.78. The monoisotopic (exact) mass is 441 g/mol. The molecule has 1 fully saturated rings. The molecule has 0 bridgehead atoms. The Bertz CT molecular complexity index is 1030. The molecule has 0 spiro atoms. The molecule has 2 heterocycles. The number of nitrogens with one attached hydrogen (secondary N) is 1. The van der Waals surface area contributed by atoms with Gasteiger partial charge in [-0.25, -0.2) is 0 Å². The van der Waals surface area contributed by atoms with Crippen LogP contribution in [0.5, 0.6) is 0 Å². The summed E-state index contributed by atoms with van der Waals surface area (Å²) in [6.45, 7) is 1.71. The number of aromatic nitrogens is 2. The molecule has 0 saturated carbocycles. The first kappa shape index (κ1) is 21.0. The molecule has 1 aromatic heterocycles. The lowest BCUT2D eigenvalue weighted by molar-refractivity contribution is 0.1000. The second-order valence-electron chi connectivity index (χ2n) is 7.32. The van der Waals surface area contributed by atoms with Crippen LogP contribution in [0.1, 0.15) is 28.8 Å². The van der Waals surface area contributed by atoms with Gasteiger partial charge in [-0.2, -0.15) is 16.9 Å². The second kappa shape index (κ2) is 9.69. The summed E-state index contributed by atoms with van der Waals surface area (Å²) in [4.78, 5) is 13.0. The van der Waals surface area contributed by atoms with E-state index in [0.717, 1.165) is 43.1 Å². The number of carbonyl (C=O) groups excluding carboxylic acids is 1. The first-order valence-corrected chi connectivity index (χ1v) is 11.4. The Labute approximate surface area is 185 Å². The number of aryl methyl sites for hydroxylation is 1. The Morgan fingerprint density at radius 3 is 2.83 bits per heavy atom. The summed E-state index contributed by atoms with van der Waals surface area (Å²) in [6, 6.07) is 15.4. The van der Waals surface area contributed by atoms with E-state index < -0.39 is 0 Å². The predicted molar refractivity (Wildman–Crippen MR) is 123 cm³/mol. The lowest BCUT2D eigenvalue weighted by Crippen LogP contribution is -2.17. The van der Waals surface area contributed by atoms with Crippen LogP contribution in [0.2, 0.25) is 5.02 Å². The van der Waals surface area contributed by atoms with E-state index >= 15 is 0 Å². The number of thioether (sulfide) groups is 1. The van der Waals surface area contributed by atoms with Gasteiger partial charge in [0.2, 0.25) is 0 Å². The van der Waals surface area contributed by atoms with E-state index in [1.807, 2.05) is 48.2 Å². The Balaban J connectivity index is 1.47. The standard InChI is InChI=1S/C23H24ClN3O2S/c1-27-14-20(22(26-27)19-7-2-3-8-21(19)24)23(28)25-17-6-4-5-16(13-17)15-30-18-9-11-29-12-10-18/h2-8,13-14,18H,9-12,15H2,1H3,(H,25,28). The first-order chi connectivity index (χ1) is 14.6. The SMILES string of the molecule is Cn1cc(C(=O)Nc2cccc(CSC3CCOCC3)c2)c(-c2ccccc2Cl)n1. The minimum atomic E-state index is -0.202. The zero-order chi connectivity index (χ0) is 20.9. The van der Waals surface area contributed by atoms with Crippen molar-refractivity contribution in [3.8, 4) is 11.3 Å². The minimum Gasteiger partial charge on any atom is -0.381 e. The van der Waals surface area contributed by atoms with E-state index in [9.17, 15) is 4.79 Å². The van der Waals surface area contributed by atoms with E-state index in [1.165, 1.54) is 5.56 Å². The molecule has 1 aliphatic heterocycles. The number of benzene rings is 2. The maximum absolute atomic E-state index is 13.0. The highest BCUT2D eigenvalue weighted by atomic mass is 35.5. The molecule has 4 rings (SSSR count). The maximum Gasteiger partial charge on any atom is 0.259 e. The molecule has 0 aliphatic carbocycles. The number of amides is 1. The number of anilines is 1. The van der Waals surface area contributed by atoms with Crippen molar-refractivity contribution in [1.29, 1.82) is 0 Å². The van der Waals surface area contributed by atoms with E-state index in [2.05, 4.69) is 16.5 Å². The van der Waals surface area contributed by atoms with Crippen molar-refractivity contribution in [2.24, 2.45) is 7.05 Å². The lowest BCUT2D eigenvalue weighted by Gasteiger charge is -2.21. The molecule has 30 heavy (non-hydrogen) atoms. The second-order valence-corrected chi connectivity index (χ2v) is 9.02. The number of nitrogens with zero attached hydrogens (tertiary/aromatic N) is 2. The third-order valence-electron chi connectivity index (χ3n) is 5.04. The third kappa shape index (κ3) is 5.06. The van der Waals surface area contributed by atoms with Gasteiger partial charge in [-0.3, -0.25) is 9.48 Å². The highest BCUT2D eigenvalue weighted by molar-refractivity contribution is 7.99. The van der Waals surface area contributed by atoms with E-state index in [1.54, 1.807) is 24.0 Å². The first-order valence-electron chi connectivity index (χ1n) is 9.98. The third-order valence-corrected chi connectivity index (χ3v) is 6.81. The maximum atomic E-state index is 13.0. The Hall–Kier alpha value is -2.28. The molecule has 7 heteroatoms. The molecule has 0 radical (unpaired) electrons. The van der Waals surface area contributed by atoms with Crippen molar-refractivity contribution >= 4 is 35.0 Å². The van der Waals surface area contributed by atoms with Crippen molar-refractivity contribution < 1.29 is 9.53 Å². The fourth-order valence-electron chi connectivity index (χ4n) is 3.50. The van der Waals surface area contributed by atoms with E-state index in [4.69, 9.17) is 16.3 Å². The topological polar surface area (TPSA) is 56.2 Å². The van der Waals surface area contributed by atoms with Crippen molar-refractivity contribution in [3.05, 3.63) is 70.9 Å². The molecule has 0 atom stereocenters. The van der Waals surface area contributed by atoms with Gasteiger partial charge in [-0.05, 0) is 36.6 Å². The molecular formula is C23H24ClN3O2S. The summed E-state index contributed by atoms with van der Waals surface area (Å²) < 4.78 is 7.06. The fourth-order valence-corrected chi connectivity index (χ4v) is 4.86. The molecule has 1 amide bonds. The van der Waals surface area contributed by atoms with Crippen LogP contribution in [0.3, 0.4) is 0 Å². The van der Waals surface area contributed by atoms with Crippen molar-refractivity contribution in [2.75, 3.05) is 18.5 Å². The smallest absolute Gasteiger partial charge is 0.259 e. The summed E-state index contributed by atoms with van der Waals surface area (Å²) in [5, 5.41) is 8.69. The molecule has 1 aliphatic rings. The average Bonchev–Trinajstić information content (AvgIpc) is 3.15. The zero-order valence-corrected chi connectivity index (χ0v) is 18.4. The van der Waals surface area contributed by atoms with Gasteiger partial charge in [0.05, 0.1) is 10.6 Å². The largest absolute Gasteiger partial charge is 0.381 e. The van der Waals surface area contributed by atoms with Crippen LogP contribution in [-0.2, 0) is 17.5 Å². The number of halogens is 1. The van der Waals surface area contributed by atoms with Gasteiger partial charge >= 0.3 is 0 Å². The highest BCUT2D eigenvalue weighted by Crippen LogP contribution is 2.30. The Kier molecular flexibility index (Phi) is 6.77. The predicted octanol–water partition coefficient (Wildman–Crippen LogP) is 5.41. The Morgan fingerprint density at radius 2 is 2.03 bits per heavy atom. The summed E-state index contributed by atoms with van der Waals surface area (Å²) in [5.74, 6) is 0.721. The van der Waals surface area contributed by atoms with E-state index in [-0.39, 0.29) is 5.91 Å². The molecule has 156 valence electrons. The van der Waals surface area contributed by atoms with E-state index in [0.29, 0.717) is 21.5 Å². The van der Waals surface area contributed by atoms with Gasteiger partial charge in [-0.1, -0.05) is 41.9 Å². The highest BCUT2D eigenvalue weighted by Gasteiger charge is 2.19. The summed E-state index contributed by atoms with van der Waals surface area (Å²) >= 11 is 8.29. The summed E-state index contributed by atoms with van der Waals surface area (Å²) in [7, 11) is 1.80. The molecule has 5 nitrogen and oxygen atoms in total. The fraction of sp³-hybridized carbons (Fsp3) is 0.304. The number of hydrogen-bond acceptors (Lipinski definition) is 4. The molecule has 1 saturated heterocycles. The van der Waals surface area contributed by atoms with Crippen molar-refractivity contribution in [2.45, 2.75) is 23.8 Å². The van der Waals surface area contributed by atoms with Crippen molar-refractivity contribution in [1.82, 2.24) is 9.78 Å². The van der Waals surface area contributed by atoms with Crippen LogP contribution in [0, 0.1) is 0 Å². The van der Waals surface area contributed by atoms with Gasteiger partial charge in [0.25, 0.3) is 5.91 Å². The molecule has 3 aromatic rings. The number of ether oxygens (including phenoxy) is 1. The van der Waals surface area contributed by atoms with Crippen LogP contribution in [0.15, 0.2) is 54.7 Å². The number of hydrogen-bond donors (Lipinski definition) is 1. The summed E-state index contributed by atoms with van der Waals surface area (Å²) in [6.07, 6.45) is 3.93. The Morgan fingerprint density at radius 1 is 1.23 bits per heavy atom. The minimum absolute atomic E-state index is 0.202. The van der Waals surface area contributed by atoms with Crippen LogP contribution < -0.4 is 5.32 Å². The van der Waals surface area contributed by atoms with Crippen LogP contribution in [0.4, 0.5) is 5.69 Å². The number of carbonyl (C=O) groups is 1. The van der Waals surface area contributed by atoms with Gasteiger partial charge < -0.3 is 10.1 Å². The average molecular weight is 442 g/mol. The van der Waals surface area contributed by atoms with Gasteiger partial charge in [0, 0.05) is 48.7 Å². The van der Waals surface area contributed by atoms with Crippen LogP contribution in [-0.4, -0.2) is 34.2 Å². The van der Waals surface area contributed by atoms with Gasteiger partial charge in [0.15, 0.2) is 0 Å². The molecular weight excluding hydrogens is 418 g/mol. The molecule has 2 aromatic carbocycles. The van der Waals surface area contributed by atoms with Crippen LogP contribution in [0.25, 0.3) is 11.3 Å². The molecule has 0 unspecified atom stereocenters. The number of rotatable bonds is 6. The zero-order valence-electron chi connectivity index (χ0n) is 16.8. The van der Waals surface area contributed by atoms with Gasteiger partial charge in [0.1, 0.15) is 5.69 Å². The quantitative estimate of drug-likeness (QED) is 0.556.